The molecule has 0 aromatic heterocycles. The molecule has 2 spiro atoms. The summed E-state index contributed by atoms with van der Waals surface area (Å²) in [5, 5.41) is 10.8. The minimum Gasteiger partial charge on any atom is -0.462 e. The van der Waals surface area contributed by atoms with Gasteiger partial charge >= 0.3 is 17.9 Å². The Balaban J connectivity index is 1.45. The molecule has 4 heterocycles. The van der Waals surface area contributed by atoms with Gasteiger partial charge in [0.25, 0.3) is 0 Å². The van der Waals surface area contributed by atoms with Crippen LogP contribution in [0.3, 0.4) is 0 Å². The fraction of sp³-hybridized carbons (Fsp3) is 0.645. The van der Waals surface area contributed by atoms with E-state index in [-0.39, 0.29) is 25.4 Å². The van der Waals surface area contributed by atoms with Crippen LogP contribution in [-0.4, -0.2) is 84.6 Å². The van der Waals surface area contributed by atoms with E-state index in [1.165, 1.54) is 37.6 Å². The van der Waals surface area contributed by atoms with Gasteiger partial charge in [-0.1, -0.05) is 30.7 Å². The summed E-state index contributed by atoms with van der Waals surface area (Å²) in [6, 6.07) is 0. The maximum Gasteiger partial charge on any atom is 0.331 e. The lowest BCUT2D eigenvalue weighted by atomic mass is 9.51. The van der Waals surface area contributed by atoms with Crippen LogP contribution in [0.5, 0.6) is 0 Å². The number of allylic oxidation sites excluding steroid dienone is 3. The molecule has 0 amide bonds. The highest BCUT2D eigenvalue weighted by atomic mass is 16.6. The maximum atomic E-state index is 13.5. The van der Waals surface area contributed by atoms with Crippen LogP contribution in [0.1, 0.15) is 53.4 Å². The lowest BCUT2D eigenvalue weighted by molar-refractivity contribution is -0.232. The quantitative estimate of drug-likeness (QED) is 0.229. The Hall–Kier alpha value is -2.79. The molecular weight excluding hydrogens is 532 g/mol. The average Bonchev–Trinajstić information content (AvgIpc) is 3.69. The van der Waals surface area contributed by atoms with Gasteiger partial charge < -0.3 is 33.5 Å². The van der Waals surface area contributed by atoms with Gasteiger partial charge in [-0.3, -0.25) is 4.79 Å². The zero-order chi connectivity index (χ0) is 29.2. The molecule has 1 saturated carbocycles. The first-order chi connectivity index (χ1) is 19.5. The summed E-state index contributed by atoms with van der Waals surface area (Å²) in [6.45, 7) is 7.61. The Labute approximate surface area is 239 Å². The van der Waals surface area contributed by atoms with Crippen LogP contribution >= 0.6 is 0 Å². The van der Waals surface area contributed by atoms with Crippen LogP contribution in [-0.2, 0) is 42.8 Å². The van der Waals surface area contributed by atoms with E-state index in [2.05, 4.69) is 19.9 Å². The summed E-state index contributed by atoms with van der Waals surface area (Å²) in [4.78, 5) is 38.8. The molecule has 3 saturated heterocycles. The predicted molar refractivity (Wildman–Crippen MR) is 143 cm³/mol. The standard InChI is InChI=1S/C31H38O10/c1-18-8-11-29-16-36-26(35)14-21-9-12-37-30(19(2)32,27(21)39-20(3)33)10-6-5-7-25(34)41-22-15-24(40-23(29)13-18)31(17-38-31)28(22,29)4/h5-7,10,13-14,19,22-24,27,32H,8-9,11-12,15-17H2,1-4H3/b7-5-,10-6+,21-14+/t19-,22+,23+,24+,27+,28+,29+,30+,31-/m0/s1. The number of fused-ring (bicyclic) bond motifs is 2. The zero-order valence-corrected chi connectivity index (χ0v) is 23.9. The van der Waals surface area contributed by atoms with Crippen LogP contribution in [0.15, 0.2) is 47.6 Å². The third kappa shape index (κ3) is 4.17. The summed E-state index contributed by atoms with van der Waals surface area (Å²) in [7, 11) is 0. The second-order valence-electron chi connectivity index (χ2n) is 12.4. The second kappa shape index (κ2) is 9.90. The number of cyclic esters (lactones) is 1. The smallest absolute Gasteiger partial charge is 0.331 e. The highest BCUT2D eigenvalue weighted by Gasteiger charge is 2.83. The molecule has 6 aliphatic rings. The van der Waals surface area contributed by atoms with Gasteiger partial charge in [0.15, 0.2) is 11.7 Å². The minimum atomic E-state index is -1.48. The SMILES string of the molecule is CC(=O)O[C@@H]1/C2=C/C(=O)OC[C@]34CCC(C)=C[C@H]3O[C@@H]3C[C@@H](OC(=O)/C=C\C=C\[C@]1([C@H](C)O)OCC2)[C@@]4(C)[C@]31CO1. The topological polar surface area (TPSA) is 130 Å². The summed E-state index contributed by atoms with van der Waals surface area (Å²) in [6.07, 6.45) is 8.28. The monoisotopic (exact) mass is 570 g/mol. The molecule has 0 aromatic rings. The number of aliphatic hydroxyl groups excluding tert-OH is 1. The highest BCUT2D eigenvalue weighted by molar-refractivity contribution is 5.84. The van der Waals surface area contributed by atoms with Gasteiger partial charge in [-0.2, -0.15) is 0 Å². The van der Waals surface area contributed by atoms with Crippen molar-refractivity contribution in [2.45, 2.75) is 95.1 Å². The largest absolute Gasteiger partial charge is 0.462 e. The summed E-state index contributed by atoms with van der Waals surface area (Å²) >= 11 is 0. The molecule has 4 fully saturated rings. The number of epoxide rings is 1. The molecule has 222 valence electrons. The number of hydrogen-bond donors (Lipinski definition) is 1. The molecule has 0 radical (unpaired) electrons. The Kier molecular flexibility index (Phi) is 6.84. The molecule has 1 N–H and O–H groups in total. The van der Waals surface area contributed by atoms with Crippen molar-refractivity contribution in [2.24, 2.45) is 10.8 Å². The molecule has 9 atom stereocenters. The zero-order valence-electron chi connectivity index (χ0n) is 23.9. The number of esters is 3. The maximum absolute atomic E-state index is 13.5. The molecule has 10 heteroatoms. The molecule has 10 nitrogen and oxygen atoms in total. The van der Waals surface area contributed by atoms with E-state index < -0.39 is 58.3 Å². The van der Waals surface area contributed by atoms with Gasteiger partial charge in [-0.05, 0) is 44.8 Å². The molecule has 2 aliphatic carbocycles. The van der Waals surface area contributed by atoms with Gasteiger partial charge in [-0.25, -0.2) is 9.59 Å². The van der Waals surface area contributed by atoms with E-state index in [4.69, 9.17) is 28.4 Å². The van der Waals surface area contributed by atoms with E-state index in [1.807, 2.05) is 0 Å². The number of rotatable bonds is 2. The van der Waals surface area contributed by atoms with Crippen LogP contribution in [0.25, 0.3) is 0 Å². The minimum absolute atomic E-state index is 0.0263. The first-order valence-electron chi connectivity index (χ1n) is 14.4. The third-order valence-electron chi connectivity index (χ3n) is 10.4. The summed E-state index contributed by atoms with van der Waals surface area (Å²) in [5.41, 5.74) is -1.81. The second-order valence-corrected chi connectivity index (χ2v) is 12.4. The molecule has 0 unspecified atom stereocenters. The Morgan fingerprint density at radius 1 is 1.12 bits per heavy atom. The number of aliphatic hydroxyl groups is 1. The number of carbonyl (C=O) groups excluding carboxylic acids is 3. The number of carbonyl (C=O) groups is 3. The predicted octanol–water partition coefficient (Wildman–Crippen LogP) is 2.64. The fourth-order valence-corrected chi connectivity index (χ4v) is 7.98. The lowest BCUT2D eigenvalue weighted by Crippen LogP contribution is -2.66. The molecular formula is C31H38O10. The van der Waals surface area contributed by atoms with Crippen LogP contribution < -0.4 is 0 Å². The lowest BCUT2D eigenvalue weighted by Gasteiger charge is -2.58. The third-order valence-corrected chi connectivity index (χ3v) is 10.4. The van der Waals surface area contributed by atoms with Gasteiger partial charge in [0, 0.05) is 30.9 Å². The fourth-order valence-electron chi connectivity index (χ4n) is 7.98. The molecule has 0 aromatic carbocycles. The molecule has 4 aliphatic heterocycles. The number of hydrogen-bond acceptors (Lipinski definition) is 10. The van der Waals surface area contributed by atoms with E-state index in [0.717, 1.165) is 6.42 Å². The van der Waals surface area contributed by atoms with E-state index in [0.29, 0.717) is 31.4 Å². The summed E-state index contributed by atoms with van der Waals surface area (Å²) in [5.74, 6) is -1.73. The van der Waals surface area contributed by atoms with Crippen molar-refractivity contribution in [3.63, 3.8) is 0 Å². The highest BCUT2D eigenvalue weighted by Crippen LogP contribution is 2.72. The Morgan fingerprint density at radius 2 is 1.90 bits per heavy atom. The Bertz CT molecular complexity index is 1260. The van der Waals surface area contributed by atoms with E-state index >= 15 is 0 Å². The van der Waals surface area contributed by atoms with Gasteiger partial charge in [0.1, 0.15) is 18.3 Å². The summed E-state index contributed by atoms with van der Waals surface area (Å²) < 4.78 is 36.6. The Morgan fingerprint density at radius 3 is 2.61 bits per heavy atom. The van der Waals surface area contributed by atoms with Crippen molar-refractivity contribution in [1.29, 1.82) is 0 Å². The van der Waals surface area contributed by atoms with E-state index in [9.17, 15) is 19.5 Å². The first-order valence-corrected chi connectivity index (χ1v) is 14.4. The van der Waals surface area contributed by atoms with Crippen molar-refractivity contribution in [1.82, 2.24) is 0 Å². The van der Waals surface area contributed by atoms with Crippen molar-refractivity contribution in [3.05, 3.63) is 47.6 Å². The number of ether oxygens (including phenoxy) is 6. The van der Waals surface area contributed by atoms with Crippen molar-refractivity contribution < 1.29 is 47.9 Å². The van der Waals surface area contributed by atoms with Crippen molar-refractivity contribution in [2.75, 3.05) is 19.8 Å². The van der Waals surface area contributed by atoms with Gasteiger partial charge in [-0.15, -0.1) is 0 Å². The normalized spacial score (nSPS) is 47.0. The van der Waals surface area contributed by atoms with Gasteiger partial charge in [0.2, 0.25) is 0 Å². The van der Waals surface area contributed by atoms with Crippen LogP contribution in [0.4, 0.5) is 0 Å². The van der Waals surface area contributed by atoms with Gasteiger partial charge in [0.05, 0.1) is 36.9 Å². The first kappa shape index (κ1) is 28.3. The average molecular weight is 571 g/mol. The van der Waals surface area contributed by atoms with E-state index in [1.54, 1.807) is 12.2 Å². The van der Waals surface area contributed by atoms with Crippen LogP contribution in [0, 0.1) is 10.8 Å². The molecule has 41 heavy (non-hydrogen) atoms. The molecule has 4 bridgehead atoms. The molecule has 6 rings (SSSR count). The van der Waals surface area contributed by atoms with Crippen molar-refractivity contribution in [3.8, 4) is 0 Å². The van der Waals surface area contributed by atoms with Crippen LogP contribution in [0.2, 0.25) is 0 Å². The van der Waals surface area contributed by atoms with Crippen molar-refractivity contribution >= 4 is 17.9 Å².